The highest BCUT2D eigenvalue weighted by atomic mass is 35.5. The van der Waals surface area contributed by atoms with Gasteiger partial charge in [-0.05, 0) is 74.9 Å². The van der Waals surface area contributed by atoms with E-state index < -0.39 is 0 Å². The summed E-state index contributed by atoms with van der Waals surface area (Å²) in [6.07, 6.45) is 6.99. The number of benzene rings is 1. The van der Waals surface area contributed by atoms with Crippen molar-refractivity contribution in [2.24, 2.45) is 0 Å². The fourth-order valence-electron chi connectivity index (χ4n) is 3.40. The van der Waals surface area contributed by atoms with Gasteiger partial charge in [-0.3, -0.25) is 0 Å². The molecule has 2 aromatic rings. The molecule has 1 fully saturated rings. The maximum absolute atomic E-state index is 6.25. The topological polar surface area (TPSA) is 31.6 Å². The van der Waals surface area contributed by atoms with E-state index in [1.165, 1.54) is 38.8 Å². The van der Waals surface area contributed by atoms with Crippen LogP contribution in [-0.2, 0) is 6.54 Å². The zero-order valence-electron chi connectivity index (χ0n) is 15.9. The van der Waals surface area contributed by atoms with Gasteiger partial charge in [0.2, 0.25) is 0 Å². The van der Waals surface area contributed by atoms with E-state index in [1.54, 1.807) is 6.26 Å². The highest BCUT2D eigenvalue weighted by Gasteiger charge is 2.16. The third-order valence-electron chi connectivity index (χ3n) is 5.11. The zero-order valence-corrected chi connectivity index (χ0v) is 17.5. The lowest BCUT2D eigenvalue weighted by Crippen LogP contribution is -2.40. The van der Waals surface area contributed by atoms with Gasteiger partial charge in [-0.25, -0.2) is 0 Å². The summed E-state index contributed by atoms with van der Waals surface area (Å²) >= 11 is 12.0. The van der Waals surface area contributed by atoms with E-state index in [0.717, 1.165) is 35.1 Å². The standard InChI is InChI=1S/C21H28ClN3OS/c1-17-19(22)9-6-10-20(17)23-21(27)25(16-18-8-7-15-26-18)14-13-24-11-4-2-3-5-12-24/h6-10,15H,2-5,11-14,16H2,1H3,(H,23,27). The second-order valence-corrected chi connectivity index (χ2v) is 7.89. The first-order valence-corrected chi connectivity index (χ1v) is 10.5. The fraction of sp³-hybridized carbons (Fsp3) is 0.476. The molecule has 1 aromatic carbocycles. The summed E-state index contributed by atoms with van der Waals surface area (Å²) in [5, 5.41) is 4.82. The number of furan rings is 1. The predicted molar refractivity (Wildman–Crippen MR) is 116 cm³/mol. The number of anilines is 1. The van der Waals surface area contributed by atoms with Gasteiger partial charge in [-0.2, -0.15) is 0 Å². The van der Waals surface area contributed by atoms with Crippen LogP contribution in [0.1, 0.15) is 37.0 Å². The average molecular weight is 406 g/mol. The number of hydrogen-bond acceptors (Lipinski definition) is 3. The third-order valence-corrected chi connectivity index (χ3v) is 5.88. The molecule has 0 radical (unpaired) electrons. The average Bonchev–Trinajstić information content (AvgIpc) is 3.03. The Balaban J connectivity index is 1.66. The SMILES string of the molecule is Cc1c(Cl)cccc1NC(=S)N(CCN1CCCCCC1)Cc1ccco1. The van der Waals surface area contributed by atoms with Gasteiger partial charge in [0.15, 0.2) is 5.11 Å². The maximum Gasteiger partial charge on any atom is 0.173 e. The summed E-state index contributed by atoms with van der Waals surface area (Å²) in [7, 11) is 0. The molecule has 4 nitrogen and oxygen atoms in total. The van der Waals surface area contributed by atoms with Gasteiger partial charge in [0, 0.05) is 23.8 Å². The van der Waals surface area contributed by atoms with Crippen molar-refractivity contribution in [2.75, 3.05) is 31.5 Å². The number of likely N-dealkylation sites (tertiary alicyclic amines) is 1. The van der Waals surface area contributed by atoms with E-state index >= 15 is 0 Å². The Kier molecular flexibility index (Phi) is 7.56. The number of nitrogens with zero attached hydrogens (tertiary/aromatic N) is 2. The highest BCUT2D eigenvalue weighted by molar-refractivity contribution is 7.80. The van der Waals surface area contributed by atoms with Crippen LogP contribution in [0.2, 0.25) is 5.02 Å². The van der Waals surface area contributed by atoms with Crippen LogP contribution in [0.4, 0.5) is 5.69 Å². The molecule has 146 valence electrons. The molecule has 1 N–H and O–H groups in total. The minimum absolute atomic E-state index is 0.659. The van der Waals surface area contributed by atoms with Crippen LogP contribution in [0.15, 0.2) is 41.0 Å². The summed E-state index contributed by atoms with van der Waals surface area (Å²) in [5.74, 6) is 0.915. The summed E-state index contributed by atoms with van der Waals surface area (Å²) < 4.78 is 5.56. The number of nitrogens with one attached hydrogen (secondary N) is 1. The number of halogens is 1. The first-order chi connectivity index (χ1) is 13.1. The van der Waals surface area contributed by atoms with Gasteiger partial charge in [-0.15, -0.1) is 0 Å². The normalized spacial score (nSPS) is 15.3. The minimum Gasteiger partial charge on any atom is -0.467 e. The van der Waals surface area contributed by atoms with Crippen molar-refractivity contribution in [3.05, 3.63) is 52.9 Å². The van der Waals surface area contributed by atoms with E-state index in [-0.39, 0.29) is 0 Å². The summed E-state index contributed by atoms with van der Waals surface area (Å²) in [6.45, 7) is 6.90. The number of rotatable bonds is 6. The van der Waals surface area contributed by atoms with Gasteiger partial charge in [0.1, 0.15) is 5.76 Å². The fourth-order valence-corrected chi connectivity index (χ4v) is 3.84. The van der Waals surface area contributed by atoms with Crippen LogP contribution < -0.4 is 5.32 Å². The van der Waals surface area contributed by atoms with Crippen LogP contribution in [-0.4, -0.2) is 41.1 Å². The van der Waals surface area contributed by atoms with Crippen molar-refractivity contribution in [3.63, 3.8) is 0 Å². The highest BCUT2D eigenvalue weighted by Crippen LogP contribution is 2.23. The van der Waals surface area contributed by atoms with Crippen molar-refractivity contribution >= 4 is 34.6 Å². The van der Waals surface area contributed by atoms with Crippen molar-refractivity contribution in [1.82, 2.24) is 9.80 Å². The Labute approximate surface area is 172 Å². The van der Waals surface area contributed by atoms with Gasteiger partial charge < -0.3 is 19.5 Å². The van der Waals surface area contributed by atoms with Gasteiger partial charge in [0.05, 0.1) is 12.8 Å². The molecule has 27 heavy (non-hydrogen) atoms. The smallest absolute Gasteiger partial charge is 0.173 e. The largest absolute Gasteiger partial charge is 0.467 e. The molecule has 6 heteroatoms. The Morgan fingerprint density at radius 1 is 1.19 bits per heavy atom. The van der Waals surface area contributed by atoms with Gasteiger partial charge >= 0.3 is 0 Å². The number of hydrogen-bond donors (Lipinski definition) is 1. The molecule has 0 amide bonds. The Hall–Kier alpha value is -1.56. The predicted octanol–water partition coefficient (Wildman–Crippen LogP) is 5.32. The first kappa shape index (κ1) is 20.2. The summed E-state index contributed by atoms with van der Waals surface area (Å²) in [5.41, 5.74) is 1.96. The first-order valence-electron chi connectivity index (χ1n) is 9.69. The lowest BCUT2D eigenvalue weighted by molar-refractivity contribution is 0.247. The second kappa shape index (κ2) is 10.1. The molecule has 1 aromatic heterocycles. The third kappa shape index (κ3) is 5.96. The maximum atomic E-state index is 6.25. The van der Waals surface area contributed by atoms with E-state index in [0.29, 0.717) is 11.7 Å². The van der Waals surface area contributed by atoms with Crippen LogP contribution >= 0.6 is 23.8 Å². The lowest BCUT2D eigenvalue weighted by atomic mass is 10.2. The molecule has 0 unspecified atom stereocenters. The summed E-state index contributed by atoms with van der Waals surface area (Å²) in [4.78, 5) is 4.73. The van der Waals surface area contributed by atoms with E-state index in [2.05, 4.69) is 15.1 Å². The quantitative estimate of drug-likeness (QED) is 0.657. The molecule has 1 aliphatic rings. The summed E-state index contributed by atoms with van der Waals surface area (Å²) in [6, 6.07) is 9.75. The second-order valence-electron chi connectivity index (χ2n) is 7.10. The lowest BCUT2D eigenvalue weighted by Gasteiger charge is -2.29. The molecule has 3 rings (SSSR count). The van der Waals surface area contributed by atoms with Crippen molar-refractivity contribution in [1.29, 1.82) is 0 Å². The molecule has 2 heterocycles. The molecule has 0 aliphatic carbocycles. The van der Waals surface area contributed by atoms with Gasteiger partial charge in [0.25, 0.3) is 0 Å². The van der Waals surface area contributed by atoms with E-state index in [9.17, 15) is 0 Å². The van der Waals surface area contributed by atoms with Crippen molar-refractivity contribution in [2.45, 2.75) is 39.2 Å². The minimum atomic E-state index is 0.659. The van der Waals surface area contributed by atoms with E-state index in [4.69, 9.17) is 28.2 Å². The van der Waals surface area contributed by atoms with E-state index in [1.807, 2.05) is 37.3 Å². The molecule has 1 aliphatic heterocycles. The molecule has 1 saturated heterocycles. The molecule has 0 spiro atoms. The Morgan fingerprint density at radius 2 is 1.96 bits per heavy atom. The molecule has 0 atom stereocenters. The monoisotopic (exact) mass is 405 g/mol. The van der Waals surface area contributed by atoms with Crippen LogP contribution in [0.3, 0.4) is 0 Å². The van der Waals surface area contributed by atoms with Crippen molar-refractivity contribution in [3.8, 4) is 0 Å². The molecular weight excluding hydrogens is 378 g/mol. The Bertz CT molecular complexity index is 727. The zero-order chi connectivity index (χ0) is 19.1. The van der Waals surface area contributed by atoms with Gasteiger partial charge in [-0.1, -0.05) is 30.5 Å². The van der Waals surface area contributed by atoms with Crippen LogP contribution in [0.25, 0.3) is 0 Å². The van der Waals surface area contributed by atoms with Crippen LogP contribution in [0, 0.1) is 6.92 Å². The molecular formula is C21H28ClN3OS. The number of thiocarbonyl (C=S) groups is 1. The molecule has 0 saturated carbocycles. The Morgan fingerprint density at radius 3 is 2.67 bits per heavy atom. The van der Waals surface area contributed by atoms with Crippen molar-refractivity contribution < 1.29 is 4.42 Å². The molecule has 0 bridgehead atoms. The van der Waals surface area contributed by atoms with Crippen LogP contribution in [0.5, 0.6) is 0 Å².